The number of halogens is 2. The Morgan fingerprint density at radius 2 is 2.06 bits per heavy atom. The molecule has 0 aliphatic carbocycles. The van der Waals surface area contributed by atoms with Crippen molar-refractivity contribution in [1.82, 2.24) is 9.97 Å². The van der Waals surface area contributed by atoms with Gasteiger partial charge in [-0.3, -0.25) is 4.79 Å². The van der Waals surface area contributed by atoms with E-state index in [0.717, 1.165) is 11.1 Å². The quantitative estimate of drug-likeness (QED) is 0.504. The maximum absolute atomic E-state index is 11.9. The predicted octanol–water partition coefficient (Wildman–Crippen LogP) is 5.01. The van der Waals surface area contributed by atoms with Crippen molar-refractivity contribution in [2.24, 2.45) is 0 Å². The molecule has 2 heterocycles. The molecular formula is C22H16Cl2N4O4. The number of aromatic nitrogens is 2. The van der Waals surface area contributed by atoms with Crippen LogP contribution in [-0.2, 0) is 11.2 Å². The first kappa shape index (κ1) is 21.7. The van der Waals surface area contributed by atoms with Gasteiger partial charge in [0.1, 0.15) is 11.5 Å². The Morgan fingerprint density at radius 3 is 2.84 bits per heavy atom. The molecule has 1 amide bonds. The molecule has 0 atom stereocenters. The van der Waals surface area contributed by atoms with Crippen molar-refractivity contribution >= 4 is 34.8 Å². The number of amides is 1. The van der Waals surface area contributed by atoms with Crippen LogP contribution in [0, 0.1) is 18.3 Å². The summed E-state index contributed by atoms with van der Waals surface area (Å²) in [4.78, 5) is 20.4. The molecule has 32 heavy (non-hydrogen) atoms. The summed E-state index contributed by atoms with van der Waals surface area (Å²) in [5, 5.41) is 12.0. The Balaban J connectivity index is 1.73. The summed E-state index contributed by atoms with van der Waals surface area (Å²) in [6.45, 7) is 1.73. The van der Waals surface area contributed by atoms with Crippen LogP contribution in [0.4, 0.5) is 5.69 Å². The average molecular weight is 471 g/mol. The molecular weight excluding hydrogens is 455 g/mol. The number of nitrogens with zero attached hydrogens (tertiary/aromatic N) is 3. The number of benzene rings is 2. The van der Waals surface area contributed by atoms with Gasteiger partial charge in [0.05, 0.1) is 16.7 Å². The highest BCUT2D eigenvalue weighted by Gasteiger charge is 2.26. The third kappa shape index (κ3) is 4.85. The predicted molar refractivity (Wildman–Crippen MR) is 118 cm³/mol. The van der Waals surface area contributed by atoms with Gasteiger partial charge in [0.25, 0.3) is 11.8 Å². The Morgan fingerprint density at radius 1 is 1.22 bits per heavy atom. The molecule has 1 N–H and O–H groups in total. The van der Waals surface area contributed by atoms with E-state index in [1.807, 2.05) is 31.2 Å². The summed E-state index contributed by atoms with van der Waals surface area (Å²) in [6.07, 6.45) is 0.682. The van der Waals surface area contributed by atoms with Gasteiger partial charge in [0, 0.05) is 11.9 Å². The first-order chi connectivity index (χ1) is 15.4. The van der Waals surface area contributed by atoms with Crippen LogP contribution >= 0.6 is 23.2 Å². The molecule has 3 aromatic rings. The molecule has 0 bridgehead atoms. The summed E-state index contributed by atoms with van der Waals surface area (Å²) >= 11 is 12.1. The van der Waals surface area contributed by atoms with Crippen LogP contribution in [0.25, 0.3) is 0 Å². The number of hydrogen-bond acceptors (Lipinski definition) is 7. The highest BCUT2D eigenvalue weighted by molar-refractivity contribution is 6.32. The first-order valence-electron chi connectivity index (χ1n) is 9.51. The third-order valence-corrected chi connectivity index (χ3v) is 4.90. The van der Waals surface area contributed by atoms with Crippen molar-refractivity contribution in [3.63, 3.8) is 0 Å². The topological polar surface area (TPSA) is 106 Å². The van der Waals surface area contributed by atoms with Gasteiger partial charge in [-0.05, 0) is 48.7 Å². The highest BCUT2D eigenvalue weighted by atomic mass is 35.5. The van der Waals surface area contributed by atoms with E-state index in [4.69, 9.17) is 42.7 Å². The molecule has 4 rings (SSSR count). The van der Waals surface area contributed by atoms with Crippen LogP contribution in [0.15, 0.2) is 36.4 Å². The van der Waals surface area contributed by atoms with Gasteiger partial charge in [-0.1, -0.05) is 17.7 Å². The van der Waals surface area contributed by atoms with Crippen molar-refractivity contribution in [2.75, 3.05) is 17.8 Å². The van der Waals surface area contributed by atoms with Crippen molar-refractivity contribution in [2.45, 2.75) is 13.3 Å². The van der Waals surface area contributed by atoms with Crippen LogP contribution in [0.2, 0.25) is 5.02 Å². The van der Waals surface area contributed by atoms with Crippen molar-refractivity contribution in [3.05, 3.63) is 58.1 Å². The SMILES string of the molecule is Cc1cc(CCCl)cc(Oc2nc3c(c(Oc4cc(C#N)ccc4Cl)n2)NC(=O)CO3)c1. The zero-order valence-corrected chi connectivity index (χ0v) is 18.3. The maximum atomic E-state index is 11.9. The second-order valence-electron chi connectivity index (χ2n) is 6.88. The molecule has 162 valence electrons. The van der Waals surface area contributed by atoms with E-state index < -0.39 is 0 Å². The fourth-order valence-corrected chi connectivity index (χ4v) is 3.41. The van der Waals surface area contributed by atoms with E-state index in [9.17, 15) is 4.79 Å². The van der Waals surface area contributed by atoms with Gasteiger partial charge in [-0.15, -0.1) is 11.6 Å². The summed E-state index contributed by atoms with van der Waals surface area (Å²) in [7, 11) is 0. The summed E-state index contributed by atoms with van der Waals surface area (Å²) < 4.78 is 17.1. The van der Waals surface area contributed by atoms with Crippen molar-refractivity contribution in [3.8, 4) is 35.3 Å². The number of carbonyl (C=O) groups is 1. The molecule has 0 unspecified atom stereocenters. The van der Waals surface area contributed by atoms with Crippen LogP contribution in [-0.4, -0.2) is 28.4 Å². The Kier molecular flexibility index (Phi) is 6.30. The molecule has 8 nitrogen and oxygen atoms in total. The minimum absolute atomic E-state index is 0.0383. The fourth-order valence-electron chi connectivity index (χ4n) is 3.04. The summed E-state index contributed by atoms with van der Waals surface area (Å²) in [5.74, 6) is 0.833. The van der Waals surface area contributed by atoms with Crippen LogP contribution < -0.4 is 19.5 Å². The molecule has 0 spiro atoms. The zero-order valence-electron chi connectivity index (χ0n) is 16.8. The molecule has 0 fully saturated rings. The highest BCUT2D eigenvalue weighted by Crippen LogP contribution is 2.40. The number of anilines is 1. The number of hydrogen-bond donors (Lipinski definition) is 1. The molecule has 10 heteroatoms. The van der Waals surface area contributed by atoms with Gasteiger partial charge >= 0.3 is 6.01 Å². The molecule has 1 aliphatic rings. The lowest BCUT2D eigenvalue weighted by Gasteiger charge is -2.20. The van der Waals surface area contributed by atoms with E-state index in [0.29, 0.717) is 23.6 Å². The first-order valence-corrected chi connectivity index (χ1v) is 10.4. The number of rotatable bonds is 6. The lowest BCUT2D eigenvalue weighted by atomic mass is 10.1. The average Bonchev–Trinajstić information content (AvgIpc) is 2.75. The largest absolute Gasteiger partial charge is 0.466 e. The Labute approximate surface area is 193 Å². The second-order valence-corrected chi connectivity index (χ2v) is 7.67. The summed E-state index contributed by atoms with van der Waals surface area (Å²) in [6, 6.07) is 12.2. The van der Waals surface area contributed by atoms with E-state index >= 15 is 0 Å². The lowest BCUT2D eigenvalue weighted by Crippen LogP contribution is -2.26. The van der Waals surface area contributed by atoms with Crippen LogP contribution in [0.5, 0.6) is 29.3 Å². The maximum Gasteiger partial charge on any atom is 0.328 e. The van der Waals surface area contributed by atoms with Gasteiger partial charge < -0.3 is 19.5 Å². The van der Waals surface area contributed by atoms with Gasteiger partial charge in [-0.2, -0.15) is 15.2 Å². The molecule has 0 saturated heterocycles. The lowest BCUT2D eigenvalue weighted by molar-refractivity contribution is -0.118. The van der Waals surface area contributed by atoms with Crippen molar-refractivity contribution < 1.29 is 19.0 Å². The molecule has 0 radical (unpaired) electrons. The number of aryl methyl sites for hydroxylation is 2. The number of alkyl halides is 1. The smallest absolute Gasteiger partial charge is 0.328 e. The number of nitriles is 1. The number of nitrogens with one attached hydrogen (secondary N) is 1. The van der Waals surface area contributed by atoms with E-state index in [1.54, 1.807) is 6.07 Å². The Hall–Kier alpha value is -3.54. The van der Waals surface area contributed by atoms with Gasteiger partial charge in [0.15, 0.2) is 12.3 Å². The molecule has 1 aliphatic heterocycles. The minimum Gasteiger partial charge on any atom is -0.466 e. The van der Waals surface area contributed by atoms with E-state index in [-0.39, 0.29) is 46.7 Å². The van der Waals surface area contributed by atoms with Crippen LogP contribution in [0.1, 0.15) is 16.7 Å². The second kappa shape index (κ2) is 9.30. The fraction of sp³-hybridized carbons (Fsp3) is 0.182. The third-order valence-electron chi connectivity index (χ3n) is 4.40. The van der Waals surface area contributed by atoms with Crippen molar-refractivity contribution in [1.29, 1.82) is 5.26 Å². The number of carbonyl (C=O) groups excluding carboxylic acids is 1. The molecule has 1 aromatic heterocycles. The van der Waals surface area contributed by atoms with E-state index in [1.165, 1.54) is 12.1 Å². The minimum atomic E-state index is -0.388. The number of ether oxygens (including phenoxy) is 3. The molecule has 0 saturated carbocycles. The number of fused-ring (bicyclic) bond motifs is 1. The van der Waals surface area contributed by atoms with E-state index in [2.05, 4.69) is 15.3 Å². The zero-order chi connectivity index (χ0) is 22.7. The van der Waals surface area contributed by atoms with Crippen LogP contribution in [0.3, 0.4) is 0 Å². The molecule has 2 aromatic carbocycles. The monoisotopic (exact) mass is 470 g/mol. The summed E-state index contributed by atoms with van der Waals surface area (Å²) in [5.41, 5.74) is 2.48. The standard InChI is InChI=1S/C22H16Cl2N4O4/c1-12-6-13(4-5-23)8-15(7-12)31-22-27-20-19(26-18(29)11-30-20)21(28-22)32-17-9-14(10-25)2-3-16(17)24/h2-3,6-9H,4-5,11H2,1H3,(H,26,29). The van der Waals surface area contributed by atoms with Gasteiger partial charge in [0.2, 0.25) is 5.88 Å². The normalized spacial score (nSPS) is 12.2. The Bertz CT molecular complexity index is 1240. The van der Waals surface area contributed by atoms with Gasteiger partial charge in [-0.25, -0.2) is 0 Å².